The van der Waals surface area contributed by atoms with E-state index in [-0.39, 0.29) is 18.3 Å². The van der Waals surface area contributed by atoms with Crippen LogP contribution in [0.1, 0.15) is 6.92 Å². The molecule has 2 aliphatic heterocycles. The number of carbonyl (C=O) groups excluding carboxylic acids is 1. The van der Waals surface area contributed by atoms with E-state index in [1.165, 1.54) is 0 Å². The normalized spacial score (nSPS) is 16.6. The summed E-state index contributed by atoms with van der Waals surface area (Å²) in [5.74, 6) is 1.22. The standard InChI is InChI=1S/C21H27Cl2N5O3/c1-3-28(25-18(14-22)21-24-7-4-12-31-21)15-20(29)27-10-8-26(9-11-27)16-5-6-17(23)19(13-16)30-2/h4-7,13H,3,8-12,14-15H2,1-2H3/b25-18+. The van der Waals surface area contributed by atoms with Crippen LogP contribution in [0.2, 0.25) is 5.02 Å². The van der Waals surface area contributed by atoms with Crippen LogP contribution in [0.3, 0.4) is 0 Å². The topological polar surface area (TPSA) is 70.0 Å². The van der Waals surface area contributed by atoms with E-state index < -0.39 is 0 Å². The number of likely N-dealkylation sites (N-methyl/N-ethyl adjacent to an activating group) is 1. The van der Waals surface area contributed by atoms with E-state index in [0.29, 0.717) is 48.6 Å². The first-order valence-corrected chi connectivity index (χ1v) is 11.1. The molecule has 0 N–H and O–H groups in total. The highest BCUT2D eigenvalue weighted by Crippen LogP contribution is 2.29. The van der Waals surface area contributed by atoms with Crippen molar-refractivity contribution in [1.82, 2.24) is 9.91 Å². The fraction of sp³-hybridized carbons (Fsp3) is 0.476. The predicted molar refractivity (Wildman–Crippen MR) is 125 cm³/mol. The largest absolute Gasteiger partial charge is 0.495 e. The highest BCUT2D eigenvalue weighted by atomic mass is 35.5. The molecule has 0 unspecified atom stereocenters. The molecule has 0 saturated carbocycles. The first-order valence-electron chi connectivity index (χ1n) is 10.2. The molecule has 2 aliphatic rings. The molecule has 0 atom stereocenters. The van der Waals surface area contributed by atoms with Gasteiger partial charge in [-0.05, 0) is 25.1 Å². The Kier molecular flexibility index (Phi) is 8.43. The zero-order valence-electron chi connectivity index (χ0n) is 17.8. The lowest BCUT2D eigenvalue weighted by Gasteiger charge is -2.37. The number of carbonyl (C=O) groups is 1. The van der Waals surface area contributed by atoms with Crippen molar-refractivity contribution < 1.29 is 14.3 Å². The second-order valence-corrected chi connectivity index (χ2v) is 7.65. The van der Waals surface area contributed by atoms with Gasteiger partial charge in [0.2, 0.25) is 11.8 Å². The van der Waals surface area contributed by atoms with Crippen LogP contribution >= 0.6 is 23.2 Å². The summed E-state index contributed by atoms with van der Waals surface area (Å²) in [5, 5.41) is 6.78. The molecule has 0 spiro atoms. The minimum Gasteiger partial charge on any atom is -0.495 e. The zero-order valence-corrected chi connectivity index (χ0v) is 19.3. The van der Waals surface area contributed by atoms with Gasteiger partial charge in [-0.15, -0.1) is 11.6 Å². The molecule has 0 aromatic heterocycles. The van der Waals surface area contributed by atoms with Crippen molar-refractivity contribution in [2.75, 3.05) is 63.8 Å². The maximum atomic E-state index is 12.9. The van der Waals surface area contributed by atoms with Crippen molar-refractivity contribution in [2.24, 2.45) is 10.1 Å². The maximum Gasteiger partial charge on any atom is 0.243 e. The number of halogens is 2. The summed E-state index contributed by atoms with van der Waals surface area (Å²) < 4.78 is 10.8. The third kappa shape index (κ3) is 6.04. The van der Waals surface area contributed by atoms with Crippen LogP contribution < -0.4 is 9.64 Å². The Morgan fingerprint density at radius 2 is 2.10 bits per heavy atom. The van der Waals surface area contributed by atoms with E-state index >= 15 is 0 Å². The summed E-state index contributed by atoms with van der Waals surface area (Å²) in [5.41, 5.74) is 1.55. The number of nitrogens with zero attached hydrogens (tertiary/aromatic N) is 5. The summed E-state index contributed by atoms with van der Waals surface area (Å²) in [6.45, 7) is 5.85. The quantitative estimate of drug-likeness (QED) is 0.334. The van der Waals surface area contributed by atoms with Gasteiger partial charge in [-0.1, -0.05) is 11.6 Å². The van der Waals surface area contributed by atoms with E-state index in [2.05, 4.69) is 15.0 Å². The van der Waals surface area contributed by atoms with Gasteiger partial charge in [0.25, 0.3) is 0 Å². The molecular weight excluding hydrogens is 441 g/mol. The molecule has 1 fully saturated rings. The molecule has 1 amide bonds. The van der Waals surface area contributed by atoms with Gasteiger partial charge >= 0.3 is 0 Å². The molecule has 0 radical (unpaired) electrons. The lowest BCUT2D eigenvalue weighted by atomic mass is 10.2. The number of hydrogen-bond donors (Lipinski definition) is 0. The van der Waals surface area contributed by atoms with Crippen LogP contribution in [-0.2, 0) is 9.53 Å². The monoisotopic (exact) mass is 467 g/mol. The molecule has 8 nitrogen and oxygen atoms in total. The van der Waals surface area contributed by atoms with Crippen LogP contribution in [0.4, 0.5) is 5.69 Å². The highest BCUT2D eigenvalue weighted by molar-refractivity contribution is 6.49. The number of ether oxygens (including phenoxy) is 2. The van der Waals surface area contributed by atoms with Gasteiger partial charge in [0, 0.05) is 50.7 Å². The van der Waals surface area contributed by atoms with Crippen LogP contribution in [0, 0.1) is 0 Å². The van der Waals surface area contributed by atoms with E-state index in [1.807, 2.05) is 30.0 Å². The number of methoxy groups -OCH3 is 1. The Balaban J connectivity index is 1.57. The van der Waals surface area contributed by atoms with E-state index in [1.54, 1.807) is 24.4 Å². The molecule has 2 heterocycles. The molecule has 10 heteroatoms. The fourth-order valence-corrected chi connectivity index (χ4v) is 3.68. The number of benzene rings is 1. The Labute approximate surface area is 192 Å². The van der Waals surface area contributed by atoms with Gasteiger partial charge < -0.3 is 19.3 Å². The Bertz CT molecular complexity index is 867. The summed E-state index contributed by atoms with van der Waals surface area (Å²) in [6, 6.07) is 5.72. The first-order chi connectivity index (χ1) is 15.0. The van der Waals surface area contributed by atoms with E-state index in [4.69, 9.17) is 32.7 Å². The molecular formula is C21H27Cl2N5O3. The predicted octanol–water partition coefficient (Wildman–Crippen LogP) is 2.86. The highest BCUT2D eigenvalue weighted by Gasteiger charge is 2.23. The molecule has 31 heavy (non-hydrogen) atoms. The van der Waals surface area contributed by atoms with Crippen molar-refractivity contribution in [3.63, 3.8) is 0 Å². The first kappa shape index (κ1) is 23.2. The smallest absolute Gasteiger partial charge is 0.243 e. The average Bonchev–Trinajstić information content (AvgIpc) is 2.82. The second kappa shape index (κ2) is 11.2. The molecule has 168 valence electrons. The third-order valence-corrected chi connectivity index (χ3v) is 5.63. The van der Waals surface area contributed by atoms with Gasteiger partial charge in [0.15, 0.2) is 0 Å². The summed E-state index contributed by atoms with van der Waals surface area (Å²) >= 11 is 12.2. The summed E-state index contributed by atoms with van der Waals surface area (Å²) in [6.07, 6.45) is 3.47. The molecule has 3 rings (SSSR count). The van der Waals surface area contributed by atoms with Crippen LogP contribution in [0.25, 0.3) is 0 Å². The number of hydrazone groups is 1. The number of hydrogen-bond acceptors (Lipinski definition) is 7. The Morgan fingerprint density at radius 1 is 1.32 bits per heavy atom. The SMILES string of the molecule is CCN(CC(=O)N1CCN(c2ccc(Cl)c(OC)c2)CC1)/N=C(\CCl)C1=NC=CCO1. The summed E-state index contributed by atoms with van der Waals surface area (Å²) in [4.78, 5) is 21.1. The molecule has 1 aromatic rings. The van der Waals surface area contributed by atoms with Crippen LogP contribution in [-0.4, -0.2) is 86.3 Å². The number of piperazine rings is 1. The lowest BCUT2D eigenvalue weighted by Crippen LogP contribution is -2.51. The molecule has 0 bridgehead atoms. The lowest BCUT2D eigenvalue weighted by molar-refractivity contribution is -0.132. The average molecular weight is 468 g/mol. The van der Waals surface area contributed by atoms with Crippen molar-refractivity contribution in [2.45, 2.75) is 6.92 Å². The number of anilines is 1. The van der Waals surface area contributed by atoms with Gasteiger partial charge in [-0.2, -0.15) is 5.10 Å². The number of aliphatic imine (C=N–C) groups is 1. The number of amides is 1. The van der Waals surface area contributed by atoms with Crippen molar-refractivity contribution in [3.8, 4) is 5.75 Å². The molecule has 1 aromatic carbocycles. The fourth-order valence-electron chi connectivity index (χ4n) is 3.32. The Morgan fingerprint density at radius 3 is 2.71 bits per heavy atom. The number of alkyl halides is 1. The minimum absolute atomic E-state index is 0.0271. The second-order valence-electron chi connectivity index (χ2n) is 6.98. The van der Waals surface area contributed by atoms with Gasteiger partial charge in [-0.25, -0.2) is 4.99 Å². The zero-order chi connectivity index (χ0) is 22.2. The maximum absolute atomic E-state index is 12.9. The van der Waals surface area contributed by atoms with E-state index in [0.717, 1.165) is 18.8 Å². The number of rotatable bonds is 8. The van der Waals surface area contributed by atoms with Crippen molar-refractivity contribution in [1.29, 1.82) is 0 Å². The Hall–Kier alpha value is -2.45. The van der Waals surface area contributed by atoms with Crippen LogP contribution in [0.5, 0.6) is 5.75 Å². The minimum atomic E-state index is 0.0271. The van der Waals surface area contributed by atoms with Crippen molar-refractivity contribution in [3.05, 3.63) is 35.5 Å². The summed E-state index contributed by atoms with van der Waals surface area (Å²) in [7, 11) is 1.60. The van der Waals surface area contributed by atoms with Gasteiger partial charge in [-0.3, -0.25) is 9.80 Å². The van der Waals surface area contributed by atoms with Gasteiger partial charge in [0.05, 0.1) is 18.0 Å². The van der Waals surface area contributed by atoms with Gasteiger partial charge in [0.1, 0.15) is 24.6 Å². The van der Waals surface area contributed by atoms with E-state index in [9.17, 15) is 4.79 Å². The molecule has 1 saturated heterocycles. The van der Waals surface area contributed by atoms with Crippen LogP contribution in [0.15, 0.2) is 40.6 Å². The van der Waals surface area contributed by atoms with Crippen molar-refractivity contribution >= 4 is 46.4 Å². The third-order valence-electron chi connectivity index (χ3n) is 5.06. The molecule has 0 aliphatic carbocycles.